The van der Waals surface area contributed by atoms with Crippen LogP contribution in [0.5, 0.6) is 0 Å². The number of aromatic nitrogens is 2. The van der Waals surface area contributed by atoms with Crippen molar-refractivity contribution in [1.29, 1.82) is 0 Å². The van der Waals surface area contributed by atoms with Crippen LogP contribution in [0.25, 0.3) is 0 Å². The summed E-state index contributed by atoms with van der Waals surface area (Å²) in [6.07, 6.45) is 0.338. The molecule has 1 aliphatic rings. The van der Waals surface area contributed by atoms with Gasteiger partial charge in [0.2, 0.25) is 5.91 Å². The van der Waals surface area contributed by atoms with Crippen LogP contribution in [-0.4, -0.2) is 70.8 Å². The number of para-hydroxylation sites is 1. The number of thioether (sulfide) groups is 1. The zero-order valence-corrected chi connectivity index (χ0v) is 26.7. The third-order valence-electron chi connectivity index (χ3n) is 5.80. The fourth-order valence-electron chi connectivity index (χ4n) is 3.96. The monoisotopic (exact) mass is 718 g/mol. The maximum atomic E-state index is 12.8. The van der Waals surface area contributed by atoms with Crippen molar-refractivity contribution in [2.24, 2.45) is 0 Å². The van der Waals surface area contributed by atoms with Gasteiger partial charge in [-0.3, -0.25) is 24.0 Å². The Morgan fingerprint density at radius 1 is 1.18 bits per heavy atom. The van der Waals surface area contributed by atoms with E-state index in [-0.39, 0.29) is 42.4 Å². The Hall–Kier alpha value is -2.35. The summed E-state index contributed by atoms with van der Waals surface area (Å²) in [5.41, 5.74) is -0.953. The number of benzene rings is 1. The molecule has 1 aromatic carbocycles. The van der Waals surface area contributed by atoms with Crippen molar-refractivity contribution in [3.05, 3.63) is 62.7 Å². The second kappa shape index (κ2) is 16.0. The van der Waals surface area contributed by atoms with Crippen LogP contribution in [0.2, 0.25) is 0 Å². The van der Waals surface area contributed by atoms with Gasteiger partial charge in [-0.25, -0.2) is 18.5 Å². The molecule has 20 nitrogen and oxygen atoms in total. The van der Waals surface area contributed by atoms with Crippen LogP contribution in [0.1, 0.15) is 31.1 Å². The maximum Gasteiger partial charge on any atom is 0.490 e. The highest BCUT2D eigenvalue weighted by Crippen LogP contribution is 2.66. The van der Waals surface area contributed by atoms with Crippen molar-refractivity contribution >= 4 is 52.6 Å². The van der Waals surface area contributed by atoms with E-state index in [1.165, 1.54) is 36.5 Å². The molecule has 1 amide bonds. The van der Waals surface area contributed by atoms with Crippen LogP contribution in [0.3, 0.4) is 0 Å². The van der Waals surface area contributed by atoms with Crippen LogP contribution in [0, 0.1) is 10.1 Å². The van der Waals surface area contributed by atoms with E-state index in [0.29, 0.717) is 6.42 Å². The molecule has 1 fully saturated rings. The second-order valence-electron chi connectivity index (χ2n) is 9.13. The van der Waals surface area contributed by atoms with Crippen LogP contribution in [0.4, 0.5) is 11.5 Å². The minimum absolute atomic E-state index is 0.0169. The minimum atomic E-state index is -5.79. The molecular formula is C21H29N4O16P3S. The molecule has 5 unspecified atom stereocenters. The van der Waals surface area contributed by atoms with Crippen LogP contribution in [-0.2, 0) is 47.7 Å². The number of hydrogen-bond acceptors (Lipinski definition) is 14. The van der Waals surface area contributed by atoms with Gasteiger partial charge in [0, 0.05) is 25.1 Å². The van der Waals surface area contributed by atoms with E-state index in [2.05, 4.69) is 23.4 Å². The first-order chi connectivity index (χ1) is 21.0. The zero-order chi connectivity index (χ0) is 33.4. The fourth-order valence-corrected chi connectivity index (χ4v) is 7.42. The molecule has 24 heteroatoms. The molecule has 2 aromatic rings. The Morgan fingerprint density at radius 3 is 2.53 bits per heavy atom. The number of carbonyl (C=O) groups is 1. The van der Waals surface area contributed by atoms with Gasteiger partial charge in [-0.05, 0) is 30.6 Å². The molecule has 1 aromatic heterocycles. The normalized spacial score (nSPS) is 21.1. The van der Waals surface area contributed by atoms with E-state index in [0.717, 1.165) is 10.3 Å². The Bertz CT molecular complexity index is 1570. The highest BCUT2D eigenvalue weighted by molar-refractivity contribution is 7.98. The standard InChI is InChI=1S/C21H29N4O16P3S/c1-45-10-4-7-19(26)22-18-8-9-24(21(27)23-18)20-11-16(37-12-14-5-2-3-6-15(14)25(28)29)17(39-20)13-38-43(33,34)41-44(35,36)40-42(30,31)32/h2-3,5-6,8-9,16-17,20H,4,7,10-13H2,1H3,(H,33,34)(H,35,36)(H2,30,31,32)(H,22,23,26,27). The summed E-state index contributed by atoms with van der Waals surface area (Å²) in [4.78, 5) is 76.1. The Balaban J connectivity index is 1.77. The second-order valence-corrected chi connectivity index (χ2v) is 14.5. The SMILES string of the molecule is CSCCCC(=O)Nc1ccn(C2CC(OCc3ccccc3[N+](=O)[O-])C(COP(=O)(O)OP(=O)(O)OP(=O)(O)O)O2)c(=O)n1. The summed E-state index contributed by atoms with van der Waals surface area (Å²) >= 11 is 1.58. The van der Waals surface area contributed by atoms with Crippen LogP contribution < -0.4 is 11.0 Å². The molecule has 1 saturated heterocycles. The molecule has 250 valence electrons. The number of phosphoric ester groups is 1. The smallest absolute Gasteiger partial charge is 0.370 e. The predicted molar refractivity (Wildman–Crippen MR) is 155 cm³/mol. The number of amides is 1. The lowest BCUT2D eigenvalue weighted by molar-refractivity contribution is -0.386. The van der Waals surface area contributed by atoms with Gasteiger partial charge in [-0.1, -0.05) is 12.1 Å². The molecule has 0 radical (unpaired) electrons. The van der Waals surface area contributed by atoms with Gasteiger partial charge in [-0.2, -0.15) is 25.4 Å². The van der Waals surface area contributed by atoms with Gasteiger partial charge in [-0.15, -0.1) is 0 Å². The van der Waals surface area contributed by atoms with Crippen molar-refractivity contribution < 1.29 is 65.6 Å². The molecule has 5 N–H and O–H groups in total. The number of nitro groups is 1. The molecule has 3 rings (SSSR count). The molecule has 0 saturated carbocycles. The number of phosphoric acid groups is 3. The van der Waals surface area contributed by atoms with Crippen molar-refractivity contribution in [3.63, 3.8) is 0 Å². The largest absolute Gasteiger partial charge is 0.490 e. The molecule has 2 heterocycles. The van der Waals surface area contributed by atoms with E-state index >= 15 is 0 Å². The van der Waals surface area contributed by atoms with Crippen molar-refractivity contribution in [2.75, 3.05) is 23.9 Å². The average molecular weight is 718 g/mol. The Morgan fingerprint density at radius 2 is 1.89 bits per heavy atom. The van der Waals surface area contributed by atoms with Gasteiger partial charge >= 0.3 is 29.2 Å². The number of nitrogens with zero attached hydrogens (tertiary/aromatic N) is 3. The van der Waals surface area contributed by atoms with E-state index in [1.807, 2.05) is 6.26 Å². The Labute approximate surface area is 258 Å². The highest BCUT2D eigenvalue weighted by atomic mass is 32.2. The lowest BCUT2D eigenvalue weighted by Gasteiger charge is -2.21. The minimum Gasteiger partial charge on any atom is -0.370 e. The number of hydrogen-bond donors (Lipinski definition) is 5. The van der Waals surface area contributed by atoms with Crippen LogP contribution in [0.15, 0.2) is 41.3 Å². The number of carbonyl (C=O) groups excluding carboxylic acids is 1. The van der Waals surface area contributed by atoms with E-state index in [9.17, 15) is 43.2 Å². The average Bonchev–Trinajstić information content (AvgIpc) is 3.32. The number of anilines is 1. The van der Waals surface area contributed by atoms with Crippen LogP contribution >= 0.6 is 35.2 Å². The summed E-state index contributed by atoms with van der Waals surface area (Å²) < 4.78 is 59.5. The summed E-state index contributed by atoms with van der Waals surface area (Å²) in [6.45, 7) is -1.26. The van der Waals surface area contributed by atoms with Gasteiger partial charge in [0.25, 0.3) is 5.69 Å². The van der Waals surface area contributed by atoms with Gasteiger partial charge in [0.05, 0.1) is 29.8 Å². The lowest BCUT2D eigenvalue weighted by atomic mass is 10.1. The maximum absolute atomic E-state index is 12.8. The van der Waals surface area contributed by atoms with E-state index in [4.69, 9.17) is 19.3 Å². The topological polar surface area (TPSA) is 285 Å². The van der Waals surface area contributed by atoms with Crippen molar-refractivity contribution in [3.8, 4) is 0 Å². The summed E-state index contributed by atoms with van der Waals surface area (Å²) in [6, 6.07) is 6.97. The fraction of sp³-hybridized carbons (Fsp3) is 0.476. The quantitative estimate of drug-likeness (QED) is 0.0679. The van der Waals surface area contributed by atoms with E-state index in [1.54, 1.807) is 11.8 Å². The third kappa shape index (κ3) is 12.1. The molecule has 0 spiro atoms. The molecule has 0 bridgehead atoms. The summed E-state index contributed by atoms with van der Waals surface area (Å²) in [5, 5.41) is 13.9. The summed E-state index contributed by atoms with van der Waals surface area (Å²) in [7, 11) is -16.9. The van der Waals surface area contributed by atoms with Crippen molar-refractivity contribution in [1.82, 2.24) is 9.55 Å². The van der Waals surface area contributed by atoms with Gasteiger partial charge in [0.15, 0.2) is 0 Å². The number of rotatable bonds is 17. The zero-order valence-electron chi connectivity index (χ0n) is 23.2. The molecule has 1 aliphatic heterocycles. The highest BCUT2D eigenvalue weighted by Gasteiger charge is 2.43. The van der Waals surface area contributed by atoms with Crippen molar-refractivity contribution in [2.45, 2.75) is 44.3 Å². The molecule has 5 atom stereocenters. The first-order valence-corrected chi connectivity index (χ1v) is 18.6. The number of nitro benzene ring substituents is 1. The number of ether oxygens (including phenoxy) is 2. The number of nitrogens with one attached hydrogen (secondary N) is 1. The summed E-state index contributed by atoms with van der Waals surface area (Å²) in [5.74, 6) is 0.406. The van der Waals surface area contributed by atoms with Gasteiger partial charge < -0.3 is 34.4 Å². The lowest BCUT2D eigenvalue weighted by Crippen LogP contribution is -2.29. The third-order valence-corrected chi connectivity index (χ3v) is 10.3. The predicted octanol–water partition coefficient (Wildman–Crippen LogP) is 2.45. The Kier molecular flexibility index (Phi) is 13.2. The first kappa shape index (κ1) is 37.1. The van der Waals surface area contributed by atoms with E-state index < -0.39 is 59.1 Å². The van der Waals surface area contributed by atoms with Gasteiger partial charge in [0.1, 0.15) is 18.1 Å². The molecule has 0 aliphatic carbocycles. The first-order valence-electron chi connectivity index (χ1n) is 12.6. The molecule has 45 heavy (non-hydrogen) atoms. The molecular weight excluding hydrogens is 689 g/mol.